The van der Waals surface area contributed by atoms with Crippen LogP contribution in [0.25, 0.3) is 11.3 Å². The zero-order valence-electron chi connectivity index (χ0n) is 16.8. The van der Waals surface area contributed by atoms with Crippen LogP contribution in [0.1, 0.15) is 30.5 Å². The lowest BCUT2D eigenvalue weighted by Gasteiger charge is -2.47. The summed E-state index contributed by atoms with van der Waals surface area (Å²) in [6.45, 7) is 6.93. The van der Waals surface area contributed by atoms with Gasteiger partial charge in [0, 0.05) is 48.4 Å². The quantitative estimate of drug-likeness (QED) is 0.653. The highest BCUT2D eigenvalue weighted by Gasteiger charge is 2.49. The van der Waals surface area contributed by atoms with E-state index in [9.17, 15) is 4.79 Å². The predicted octanol–water partition coefficient (Wildman–Crippen LogP) is 4.55. The van der Waals surface area contributed by atoms with Gasteiger partial charge < -0.3 is 9.80 Å². The second-order valence-corrected chi connectivity index (χ2v) is 9.46. The first-order chi connectivity index (χ1) is 14.5. The van der Waals surface area contributed by atoms with Gasteiger partial charge in [0.15, 0.2) is 0 Å². The normalized spacial score (nSPS) is 19.5. The largest absolute Gasteiger partial charge is 0.340 e. The number of fused-ring (bicyclic) bond motifs is 1. The first-order valence-corrected chi connectivity index (χ1v) is 11.3. The fourth-order valence-corrected chi connectivity index (χ4v) is 5.43. The number of anilines is 1. The number of rotatable bonds is 3. The minimum atomic E-state index is 0.0157. The van der Waals surface area contributed by atoms with E-state index in [0.29, 0.717) is 10.0 Å². The van der Waals surface area contributed by atoms with E-state index >= 15 is 0 Å². The van der Waals surface area contributed by atoms with E-state index in [4.69, 9.17) is 33.2 Å². The standard InChI is InChI=1S/C23H24Cl2N4O/c1-2-19(30)29-13-23(14-29)10-11-28(12-23)22-26-18-9-4-3-6-15(18)21(27-22)16-7-5-8-17(24)20(16)25/h2,5,7-8H,1,3-4,6,9-14H2. The first-order valence-electron chi connectivity index (χ1n) is 10.5. The van der Waals surface area contributed by atoms with E-state index in [0.717, 1.165) is 81.2 Å². The Hall–Kier alpha value is -2.11. The van der Waals surface area contributed by atoms with Crippen LogP contribution in [0.15, 0.2) is 30.9 Å². The molecule has 156 valence electrons. The summed E-state index contributed by atoms with van der Waals surface area (Å²) in [6, 6.07) is 5.72. The molecular weight excluding hydrogens is 419 g/mol. The molecule has 1 aromatic heterocycles. The van der Waals surface area contributed by atoms with Crippen LogP contribution in [0.2, 0.25) is 10.0 Å². The zero-order valence-corrected chi connectivity index (χ0v) is 18.3. The van der Waals surface area contributed by atoms with Crippen LogP contribution in [0.3, 0.4) is 0 Å². The number of carbonyl (C=O) groups excluding carboxylic acids is 1. The Morgan fingerprint density at radius 1 is 1.13 bits per heavy atom. The van der Waals surface area contributed by atoms with Crippen molar-refractivity contribution in [1.29, 1.82) is 0 Å². The molecule has 1 amide bonds. The highest BCUT2D eigenvalue weighted by Crippen LogP contribution is 2.42. The molecule has 0 unspecified atom stereocenters. The zero-order chi connectivity index (χ0) is 20.9. The van der Waals surface area contributed by atoms with Crippen molar-refractivity contribution in [3.05, 3.63) is 52.2 Å². The number of carbonyl (C=O) groups is 1. The molecule has 0 saturated carbocycles. The highest BCUT2D eigenvalue weighted by atomic mass is 35.5. The maximum Gasteiger partial charge on any atom is 0.245 e. The van der Waals surface area contributed by atoms with E-state index in [2.05, 4.69) is 11.5 Å². The van der Waals surface area contributed by atoms with E-state index in [1.807, 2.05) is 17.0 Å². The van der Waals surface area contributed by atoms with Crippen LogP contribution >= 0.6 is 23.2 Å². The number of likely N-dealkylation sites (tertiary alicyclic amines) is 1. The summed E-state index contributed by atoms with van der Waals surface area (Å²) in [5.74, 6) is 0.786. The van der Waals surface area contributed by atoms with Crippen LogP contribution in [-0.2, 0) is 17.6 Å². The van der Waals surface area contributed by atoms with Crippen molar-refractivity contribution in [3.63, 3.8) is 0 Å². The Labute approximate surface area is 186 Å². The SMILES string of the molecule is C=CC(=O)N1CC2(CCN(c3nc4c(c(-c5cccc(Cl)c5Cl)n3)CCCC4)C2)C1. The van der Waals surface area contributed by atoms with E-state index in [1.165, 1.54) is 11.6 Å². The van der Waals surface area contributed by atoms with Gasteiger partial charge in [0.05, 0.1) is 15.7 Å². The van der Waals surface area contributed by atoms with Crippen molar-refractivity contribution in [1.82, 2.24) is 14.9 Å². The average Bonchev–Trinajstić information content (AvgIpc) is 3.19. The maximum absolute atomic E-state index is 11.9. The monoisotopic (exact) mass is 442 g/mol. The third-order valence-corrected chi connectivity index (χ3v) is 7.46. The third kappa shape index (κ3) is 3.28. The maximum atomic E-state index is 11.9. The number of benzene rings is 1. The van der Waals surface area contributed by atoms with Crippen molar-refractivity contribution in [3.8, 4) is 11.3 Å². The Morgan fingerprint density at radius 2 is 1.93 bits per heavy atom. The van der Waals surface area contributed by atoms with Gasteiger partial charge in [-0.1, -0.05) is 41.9 Å². The molecule has 1 spiro atoms. The number of nitrogens with zero attached hydrogens (tertiary/aromatic N) is 4. The molecule has 0 bridgehead atoms. The molecule has 0 N–H and O–H groups in total. The second-order valence-electron chi connectivity index (χ2n) is 8.68. The summed E-state index contributed by atoms with van der Waals surface area (Å²) in [4.78, 5) is 26.0. The number of hydrogen-bond acceptors (Lipinski definition) is 4. The lowest BCUT2D eigenvalue weighted by atomic mass is 9.79. The van der Waals surface area contributed by atoms with Crippen LogP contribution in [0.5, 0.6) is 0 Å². The summed E-state index contributed by atoms with van der Waals surface area (Å²) in [6.07, 6.45) is 6.66. The third-order valence-electron chi connectivity index (χ3n) is 6.64. The van der Waals surface area contributed by atoms with Crippen molar-refractivity contribution < 1.29 is 4.79 Å². The molecule has 5 rings (SSSR count). The topological polar surface area (TPSA) is 49.3 Å². The average molecular weight is 443 g/mol. The van der Waals surface area contributed by atoms with Crippen LogP contribution in [0.4, 0.5) is 5.95 Å². The Morgan fingerprint density at radius 3 is 2.73 bits per heavy atom. The van der Waals surface area contributed by atoms with Crippen molar-refractivity contribution in [2.75, 3.05) is 31.1 Å². The van der Waals surface area contributed by atoms with Gasteiger partial charge in [-0.15, -0.1) is 0 Å². The summed E-state index contributed by atoms with van der Waals surface area (Å²) < 4.78 is 0. The smallest absolute Gasteiger partial charge is 0.245 e. The molecule has 2 fully saturated rings. The van der Waals surface area contributed by atoms with Crippen molar-refractivity contribution in [2.24, 2.45) is 5.41 Å². The number of aryl methyl sites for hydroxylation is 1. The molecule has 3 aliphatic rings. The Bertz CT molecular complexity index is 1030. The van der Waals surface area contributed by atoms with Crippen molar-refractivity contribution in [2.45, 2.75) is 32.1 Å². The van der Waals surface area contributed by atoms with Gasteiger partial charge in [-0.25, -0.2) is 9.97 Å². The molecule has 1 aromatic carbocycles. The Balaban J connectivity index is 1.48. The Kier molecular flexibility index (Phi) is 4.98. The highest BCUT2D eigenvalue weighted by molar-refractivity contribution is 6.43. The van der Waals surface area contributed by atoms with Gasteiger partial charge in [-0.2, -0.15) is 0 Å². The number of amides is 1. The number of aromatic nitrogens is 2. The molecule has 1 aliphatic carbocycles. The van der Waals surface area contributed by atoms with Gasteiger partial charge in [0.1, 0.15) is 0 Å². The molecule has 0 radical (unpaired) electrons. The summed E-state index contributed by atoms with van der Waals surface area (Å²) in [5.41, 5.74) is 4.28. The number of halogens is 2. The van der Waals surface area contributed by atoms with Gasteiger partial charge in [0.25, 0.3) is 0 Å². The minimum absolute atomic E-state index is 0.0157. The predicted molar refractivity (Wildman–Crippen MR) is 120 cm³/mol. The molecular formula is C23H24Cl2N4O. The van der Waals surface area contributed by atoms with Gasteiger partial charge in [0.2, 0.25) is 11.9 Å². The fraction of sp³-hybridized carbons (Fsp3) is 0.435. The molecule has 3 heterocycles. The summed E-state index contributed by atoms with van der Waals surface area (Å²) in [5, 5.41) is 1.09. The summed E-state index contributed by atoms with van der Waals surface area (Å²) >= 11 is 12.9. The molecule has 5 nitrogen and oxygen atoms in total. The summed E-state index contributed by atoms with van der Waals surface area (Å²) in [7, 11) is 0. The lowest BCUT2D eigenvalue weighted by molar-refractivity contribution is -0.136. The second kappa shape index (κ2) is 7.54. The molecule has 2 saturated heterocycles. The van der Waals surface area contributed by atoms with E-state index in [-0.39, 0.29) is 11.3 Å². The minimum Gasteiger partial charge on any atom is -0.340 e. The number of hydrogen-bond donors (Lipinski definition) is 0. The fourth-order valence-electron chi connectivity index (χ4n) is 5.04. The molecule has 2 aromatic rings. The molecule has 7 heteroatoms. The van der Waals surface area contributed by atoms with Gasteiger partial charge >= 0.3 is 0 Å². The van der Waals surface area contributed by atoms with Crippen LogP contribution < -0.4 is 4.90 Å². The molecule has 30 heavy (non-hydrogen) atoms. The first kappa shape index (κ1) is 19.8. The van der Waals surface area contributed by atoms with Crippen LogP contribution in [-0.4, -0.2) is 47.0 Å². The van der Waals surface area contributed by atoms with Gasteiger partial charge in [-0.3, -0.25) is 4.79 Å². The molecule has 0 atom stereocenters. The van der Waals surface area contributed by atoms with Crippen molar-refractivity contribution >= 4 is 35.1 Å². The van der Waals surface area contributed by atoms with E-state index < -0.39 is 0 Å². The lowest BCUT2D eigenvalue weighted by Crippen LogP contribution is -2.59. The van der Waals surface area contributed by atoms with Crippen LogP contribution in [0, 0.1) is 5.41 Å². The van der Waals surface area contributed by atoms with Gasteiger partial charge in [-0.05, 0) is 44.2 Å². The molecule has 2 aliphatic heterocycles. The van der Waals surface area contributed by atoms with E-state index in [1.54, 1.807) is 6.07 Å².